The lowest BCUT2D eigenvalue weighted by Crippen LogP contribution is -2.14. The highest BCUT2D eigenvalue weighted by Crippen LogP contribution is 2.26. The summed E-state index contributed by atoms with van der Waals surface area (Å²) in [4.78, 5) is 15.4. The minimum atomic E-state index is -3.84. The Morgan fingerprint density at radius 1 is 1.35 bits per heavy atom. The van der Waals surface area contributed by atoms with Crippen LogP contribution in [0.15, 0.2) is 45.9 Å². The number of nitrogens with one attached hydrogen (secondary N) is 1. The Bertz CT molecular complexity index is 825. The first-order valence-corrected chi connectivity index (χ1v) is 9.10. The molecule has 1 N–H and O–H groups in total. The molecule has 122 valence electrons. The summed E-state index contributed by atoms with van der Waals surface area (Å²) in [5.41, 5.74) is 0.529. The van der Waals surface area contributed by atoms with Gasteiger partial charge in [-0.05, 0) is 53.2 Å². The second-order valence-corrected chi connectivity index (χ2v) is 7.23. The van der Waals surface area contributed by atoms with E-state index >= 15 is 0 Å². The van der Waals surface area contributed by atoms with E-state index in [1.54, 1.807) is 6.92 Å². The van der Waals surface area contributed by atoms with Crippen LogP contribution in [0.3, 0.4) is 0 Å². The van der Waals surface area contributed by atoms with Gasteiger partial charge in [-0.25, -0.2) is 18.2 Å². The predicted octanol–water partition coefficient (Wildman–Crippen LogP) is 3.48. The van der Waals surface area contributed by atoms with E-state index in [1.807, 2.05) is 0 Å². The number of esters is 1. The molecule has 0 aliphatic rings. The Morgan fingerprint density at radius 2 is 2.09 bits per heavy atom. The Labute approximate surface area is 147 Å². The highest BCUT2D eigenvalue weighted by atomic mass is 79.9. The predicted molar refractivity (Wildman–Crippen MR) is 90.2 cm³/mol. The summed E-state index contributed by atoms with van der Waals surface area (Å²) in [5, 5.41) is 0.257. The van der Waals surface area contributed by atoms with Crippen LogP contribution in [0.1, 0.15) is 17.3 Å². The molecular weight excluding hydrogens is 408 g/mol. The van der Waals surface area contributed by atoms with E-state index in [2.05, 4.69) is 25.6 Å². The molecule has 6 nitrogen and oxygen atoms in total. The van der Waals surface area contributed by atoms with E-state index in [-0.39, 0.29) is 32.4 Å². The quantitative estimate of drug-likeness (QED) is 0.592. The van der Waals surface area contributed by atoms with Crippen LogP contribution in [0.4, 0.5) is 5.69 Å². The molecule has 1 aromatic heterocycles. The summed E-state index contributed by atoms with van der Waals surface area (Å²) >= 11 is 8.82. The SMILES string of the molecule is CCOC(=O)c1ccc(S(=O)(=O)Nc2ccc(Cl)nc2)c(Br)c1. The van der Waals surface area contributed by atoms with Gasteiger partial charge in [0, 0.05) is 4.47 Å². The second kappa shape index (κ2) is 7.29. The van der Waals surface area contributed by atoms with Crippen molar-refractivity contribution in [3.05, 3.63) is 51.7 Å². The maximum atomic E-state index is 12.4. The molecule has 0 amide bonds. The molecule has 0 aliphatic heterocycles. The monoisotopic (exact) mass is 418 g/mol. The number of sulfonamides is 1. The van der Waals surface area contributed by atoms with Crippen LogP contribution in [-0.2, 0) is 14.8 Å². The molecule has 0 saturated carbocycles. The number of halogens is 2. The largest absolute Gasteiger partial charge is 0.462 e. The maximum absolute atomic E-state index is 12.4. The van der Waals surface area contributed by atoms with Crippen molar-refractivity contribution in [1.29, 1.82) is 0 Å². The van der Waals surface area contributed by atoms with Crippen molar-refractivity contribution in [2.75, 3.05) is 11.3 Å². The number of aromatic nitrogens is 1. The van der Waals surface area contributed by atoms with Gasteiger partial charge >= 0.3 is 5.97 Å². The van der Waals surface area contributed by atoms with Gasteiger partial charge in [0.15, 0.2) is 0 Å². The molecule has 0 radical (unpaired) electrons. The molecular formula is C14H12BrClN2O4S. The number of pyridine rings is 1. The van der Waals surface area contributed by atoms with E-state index in [1.165, 1.54) is 36.5 Å². The number of nitrogens with zero attached hydrogens (tertiary/aromatic N) is 1. The summed E-state index contributed by atoms with van der Waals surface area (Å²) < 4.78 is 32.3. The van der Waals surface area contributed by atoms with Gasteiger partial charge in [0.05, 0.1) is 24.1 Å². The van der Waals surface area contributed by atoms with E-state index in [9.17, 15) is 13.2 Å². The van der Waals surface area contributed by atoms with Gasteiger partial charge in [-0.2, -0.15) is 0 Å². The third-order valence-electron chi connectivity index (χ3n) is 2.71. The van der Waals surface area contributed by atoms with E-state index in [4.69, 9.17) is 16.3 Å². The van der Waals surface area contributed by atoms with Gasteiger partial charge in [0.2, 0.25) is 0 Å². The lowest BCUT2D eigenvalue weighted by molar-refractivity contribution is 0.0526. The normalized spacial score (nSPS) is 11.1. The van der Waals surface area contributed by atoms with E-state index < -0.39 is 16.0 Å². The minimum absolute atomic E-state index is 0.0134. The van der Waals surface area contributed by atoms with Crippen LogP contribution in [0, 0.1) is 0 Å². The first-order valence-electron chi connectivity index (χ1n) is 6.44. The molecule has 0 saturated heterocycles. The zero-order valence-corrected chi connectivity index (χ0v) is 15.1. The molecule has 0 bridgehead atoms. The molecule has 9 heteroatoms. The fraction of sp³-hybridized carbons (Fsp3) is 0.143. The molecule has 23 heavy (non-hydrogen) atoms. The molecule has 0 unspecified atom stereocenters. The first kappa shape index (κ1) is 17.7. The van der Waals surface area contributed by atoms with Crippen molar-refractivity contribution in [1.82, 2.24) is 4.98 Å². The minimum Gasteiger partial charge on any atom is -0.462 e. The fourth-order valence-corrected chi connectivity index (χ4v) is 3.94. The summed E-state index contributed by atoms with van der Waals surface area (Å²) in [7, 11) is -3.84. The standard InChI is InChI=1S/C14H12BrClN2O4S/c1-2-22-14(19)9-3-5-12(11(15)7-9)23(20,21)18-10-4-6-13(16)17-8-10/h3-8,18H,2H2,1H3. The molecule has 0 atom stereocenters. The summed E-state index contributed by atoms with van der Waals surface area (Å²) in [6.07, 6.45) is 1.31. The first-order chi connectivity index (χ1) is 10.8. The van der Waals surface area contributed by atoms with Crippen molar-refractivity contribution in [3.63, 3.8) is 0 Å². The van der Waals surface area contributed by atoms with Crippen LogP contribution in [0.2, 0.25) is 5.15 Å². The van der Waals surface area contributed by atoms with Crippen LogP contribution in [-0.4, -0.2) is 26.0 Å². The van der Waals surface area contributed by atoms with Gasteiger partial charge in [0.1, 0.15) is 10.0 Å². The molecule has 0 aliphatic carbocycles. The van der Waals surface area contributed by atoms with E-state index in [0.29, 0.717) is 0 Å². The maximum Gasteiger partial charge on any atom is 0.338 e. The van der Waals surface area contributed by atoms with Crippen LogP contribution in [0.5, 0.6) is 0 Å². The van der Waals surface area contributed by atoms with Crippen LogP contribution < -0.4 is 4.72 Å². The molecule has 2 rings (SSSR count). The smallest absolute Gasteiger partial charge is 0.338 e. The van der Waals surface area contributed by atoms with Crippen molar-refractivity contribution in [2.24, 2.45) is 0 Å². The molecule has 0 spiro atoms. The summed E-state index contributed by atoms with van der Waals surface area (Å²) in [6, 6.07) is 7.07. The lowest BCUT2D eigenvalue weighted by atomic mass is 10.2. The molecule has 2 aromatic rings. The summed E-state index contributed by atoms with van der Waals surface area (Å²) in [5.74, 6) is -0.521. The average Bonchev–Trinajstić information content (AvgIpc) is 2.49. The summed E-state index contributed by atoms with van der Waals surface area (Å²) in [6.45, 7) is 1.93. The van der Waals surface area contributed by atoms with Crippen molar-refractivity contribution in [3.8, 4) is 0 Å². The number of carbonyl (C=O) groups is 1. The van der Waals surface area contributed by atoms with Crippen molar-refractivity contribution >= 4 is 49.2 Å². The van der Waals surface area contributed by atoms with Crippen LogP contribution in [0.25, 0.3) is 0 Å². The van der Waals surface area contributed by atoms with Crippen molar-refractivity contribution < 1.29 is 17.9 Å². The number of carbonyl (C=O) groups excluding carboxylic acids is 1. The van der Waals surface area contributed by atoms with Crippen LogP contribution >= 0.6 is 27.5 Å². The van der Waals surface area contributed by atoms with Gasteiger partial charge in [-0.15, -0.1) is 0 Å². The highest BCUT2D eigenvalue weighted by molar-refractivity contribution is 9.10. The molecule has 1 aromatic carbocycles. The molecule has 1 heterocycles. The topological polar surface area (TPSA) is 85.4 Å². The fourth-order valence-electron chi connectivity index (χ4n) is 1.71. The third kappa shape index (κ3) is 4.43. The lowest BCUT2D eigenvalue weighted by Gasteiger charge is -2.10. The number of hydrogen-bond donors (Lipinski definition) is 1. The Kier molecular flexibility index (Phi) is 5.61. The second-order valence-electron chi connectivity index (χ2n) is 4.34. The third-order valence-corrected chi connectivity index (χ3v) is 5.29. The highest BCUT2D eigenvalue weighted by Gasteiger charge is 2.20. The zero-order valence-electron chi connectivity index (χ0n) is 11.9. The zero-order chi connectivity index (χ0) is 17.0. The van der Waals surface area contributed by atoms with Gasteiger partial charge in [-0.1, -0.05) is 11.6 Å². The Balaban J connectivity index is 2.29. The van der Waals surface area contributed by atoms with Gasteiger partial charge in [-0.3, -0.25) is 4.72 Å². The van der Waals surface area contributed by atoms with Crippen molar-refractivity contribution in [2.45, 2.75) is 11.8 Å². The average molecular weight is 420 g/mol. The number of rotatable bonds is 5. The number of anilines is 1. The Hall–Kier alpha value is -1.64. The number of hydrogen-bond acceptors (Lipinski definition) is 5. The number of benzene rings is 1. The Morgan fingerprint density at radius 3 is 2.65 bits per heavy atom. The van der Waals surface area contributed by atoms with Gasteiger partial charge < -0.3 is 4.74 Å². The van der Waals surface area contributed by atoms with Gasteiger partial charge in [0.25, 0.3) is 10.0 Å². The molecule has 0 fully saturated rings. The van der Waals surface area contributed by atoms with E-state index in [0.717, 1.165) is 0 Å². The number of ether oxygens (including phenoxy) is 1.